The minimum absolute atomic E-state index is 0.193. The Balaban J connectivity index is 2.28. The first-order valence-corrected chi connectivity index (χ1v) is 7.17. The van der Waals surface area contributed by atoms with Crippen LogP contribution in [0.3, 0.4) is 0 Å². The molecule has 1 aromatic carbocycles. The summed E-state index contributed by atoms with van der Waals surface area (Å²) in [6.07, 6.45) is 3.80. The monoisotopic (exact) mass is 338 g/mol. The standard InChI is InChI=1S/C15H16BrFN2O/c1-2-14(18)15(10-4-3-5-19-9-10)20-13-7-11(16)6-12(17)8-13/h3-9,14-15H,2,18H2,1H3. The van der Waals surface area contributed by atoms with E-state index in [4.69, 9.17) is 10.5 Å². The zero-order valence-electron chi connectivity index (χ0n) is 11.1. The summed E-state index contributed by atoms with van der Waals surface area (Å²) in [6, 6.07) is 7.98. The third-order valence-corrected chi connectivity index (χ3v) is 3.43. The van der Waals surface area contributed by atoms with E-state index in [1.807, 2.05) is 19.1 Å². The van der Waals surface area contributed by atoms with Crippen LogP contribution in [0.15, 0.2) is 47.2 Å². The second kappa shape index (κ2) is 6.81. The molecule has 20 heavy (non-hydrogen) atoms. The van der Waals surface area contributed by atoms with E-state index in [-0.39, 0.29) is 18.0 Å². The zero-order valence-corrected chi connectivity index (χ0v) is 12.7. The molecule has 1 aromatic heterocycles. The molecule has 0 aliphatic rings. The van der Waals surface area contributed by atoms with E-state index in [1.54, 1.807) is 18.5 Å². The second-order valence-electron chi connectivity index (χ2n) is 4.50. The van der Waals surface area contributed by atoms with Crippen LogP contribution in [0.1, 0.15) is 25.0 Å². The van der Waals surface area contributed by atoms with Crippen LogP contribution in [0.2, 0.25) is 0 Å². The smallest absolute Gasteiger partial charge is 0.140 e. The molecule has 106 valence electrons. The van der Waals surface area contributed by atoms with Crippen LogP contribution in [0.5, 0.6) is 5.75 Å². The molecular weight excluding hydrogens is 323 g/mol. The first-order valence-electron chi connectivity index (χ1n) is 6.38. The minimum Gasteiger partial charge on any atom is -0.484 e. The number of nitrogens with two attached hydrogens (primary N) is 1. The molecule has 2 unspecified atom stereocenters. The summed E-state index contributed by atoms with van der Waals surface area (Å²) in [6.45, 7) is 1.99. The Hall–Kier alpha value is -1.46. The van der Waals surface area contributed by atoms with Crippen molar-refractivity contribution in [1.82, 2.24) is 4.98 Å². The highest BCUT2D eigenvalue weighted by atomic mass is 79.9. The van der Waals surface area contributed by atoms with E-state index in [0.717, 1.165) is 12.0 Å². The van der Waals surface area contributed by atoms with Crippen molar-refractivity contribution in [2.75, 3.05) is 0 Å². The van der Waals surface area contributed by atoms with Gasteiger partial charge in [0.25, 0.3) is 0 Å². The van der Waals surface area contributed by atoms with Crippen LogP contribution in [0.4, 0.5) is 4.39 Å². The number of hydrogen-bond acceptors (Lipinski definition) is 3. The Morgan fingerprint density at radius 3 is 2.80 bits per heavy atom. The fourth-order valence-corrected chi connectivity index (χ4v) is 2.35. The van der Waals surface area contributed by atoms with Crippen LogP contribution in [0, 0.1) is 5.82 Å². The highest BCUT2D eigenvalue weighted by Gasteiger charge is 2.21. The molecule has 0 amide bonds. The summed E-state index contributed by atoms with van der Waals surface area (Å²) in [5.74, 6) is 0.0824. The van der Waals surface area contributed by atoms with Crippen LogP contribution in [-0.2, 0) is 0 Å². The van der Waals surface area contributed by atoms with E-state index in [1.165, 1.54) is 12.1 Å². The van der Waals surface area contributed by atoms with Crippen LogP contribution >= 0.6 is 15.9 Å². The van der Waals surface area contributed by atoms with Crippen LogP contribution in [0.25, 0.3) is 0 Å². The van der Waals surface area contributed by atoms with Gasteiger partial charge >= 0.3 is 0 Å². The van der Waals surface area contributed by atoms with Crippen molar-refractivity contribution in [3.63, 3.8) is 0 Å². The largest absolute Gasteiger partial charge is 0.484 e. The van der Waals surface area contributed by atoms with E-state index in [2.05, 4.69) is 20.9 Å². The Morgan fingerprint density at radius 1 is 1.40 bits per heavy atom. The molecule has 0 aliphatic heterocycles. The van der Waals surface area contributed by atoms with Crippen LogP contribution < -0.4 is 10.5 Å². The number of nitrogens with zero attached hydrogens (tertiary/aromatic N) is 1. The fourth-order valence-electron chi connectivity index (χ4n) is 1.90. The van der Waals surface area contributed by atoms with Gasteiger partial charge in [0.05, 0.1) is 0 Å². The SMILES string of the molecule is CCC(N)C(Oc1cc(F)cc(Br)c1)c1cccnc1. The van der Waals surface area contributed by atoms with Gasteiger partial charge in [-0.05, 0) is 24.6 Å². The third-order valence-electron chi connectivity index (χ3n) is 2.97. The summed E-state index contributed by atoms with van der Waals surface area (Å²) in [4.78, 5) is 4.08. The maximum absolute atomic E-state index is 13.4. The lowest BCUT2D eigenvalue weighted by atomic mass is 10.0. The Labute approximate surface area is 126 Å². The van der Waals surface area contributed by atoms with Gasteiger partial charge in [-0.2, -0.15) is 0 Å². The molecule has 5 heteroatoms. The van der Waals surface area contributed by atoms with Crippen molar-refractivity contribution in [3.8, 4) is 5.75 Å². The molecule has 3 nitrogen and oxygen atoms in total. The molecule has 2 atom stereocenters. The van der Waals surface area contributed by atoms with Gasteiger partial charge in [-0.25, -0.2) is 4.39 Å². The molecule has 0 saturated heterocycles. The molecular formula is C15H16BrFN2O. The van der Waals surface area contributed by atoms with E-state index in [0.29, 0.717) is 10.2 Å². The zero-order chi connectivity index (χ0) is 14.5. The molecule has 2 N–H and O–H groups in total. The topological polar surface area (TPSA) is 48.1 Å². The normalized spacial score (nSPS) is 13.8. The number of rotatable bonds is 5. The van der Waals surface area contributed by atoms with Crippen molar-refractivity contribution in [1.29, 1.82) is 0 Å². The predicted molar refractivity (Wildman–Crippen MR) is 80.0 cm³/mol. The number of hydrogen-bond donors (Lipinski definition) is 1. The van der Waals surface area contributed by atoms with E-state index in [9.17, 15) is 4.39 Å². The Morgan fingerprint density at radius 2 is 2.20 bits per heavy atom. The molecule has 0 radical (unpaired) electrons. The van der Waals surface area contributed by atoms with Gasteiger partial charge in [-0.15, -0.1) is 0 Å². The average Bonchev–Trinajstić information content (AvgIpc) is 2.44. The quantitative estimate of drug-likeness (QED) is 0.900. The molecule has 2 aromatic rings. The van der Waals surface area contributed by atoms with E-state index < -0.39 is 0 Å². The van der Waals surface area contributed by atoms with Gasteiger partial charge in [-0.3, -0.25) is 4.98 Å². The number of halogens is 2. The molecule has 0 bridgehead atoms. The summed E-state index contributed by atoms with van der Waals surface area (Å²) < 4.78 is 19.9. The molecule has 0 spiro atoms. The van der Waals surface area contributed by atoms with Gasteiger partial charge in [0.2, 0.25) is 0 Å². The Kier molecular flexibility index (Phi) is 5.09. The van der Waals surface area contributed by atoms with Crippen molar-refractivity contribution < 1.29 is 9.13 Å². The van der Waals surface area contributed by atoms with Crippen molar-refractivity contribution in [2.24, 2.45) is 5.73 Å². The summed E-state index contributed by atoms with van der Waals surface area (Å²) in [5.41, 5.74) is 6.99. The Bertz CT molecular complexity index is 545. The van der Waals surface area contributed by atoms with Crippen molar-refractivity contribution >= 4 is 15.9 Å². The second-order valence-corrected chi connectivity index (χ2v) is 5.42. The summed E-state index contributed by atoms with van der Waals surface area (Å²) in [7, 11) is 0. The third kappa shape index (κ3) is 3.77. The highest BCUT2D eigenvalue weighted by Crippen LogP contribution is 2.28. The predicted octanol–water partition coefficient (Wildman–Crippen LogP) is 3.84. The van der Waals surface area contributed by atoms with Gasteiger partial charge < -0.3 is 10.5 Å². The van der Waals surface area contributed by atoms with Gasteiger partial charge in [0.15, 0.2) is 0 Å². The highest BCUT2D eigenvalue weighted by molar-refractivity contribution is 9.10. The number of benzene rings is 1. The minimum atomic E-state index is -0.359. The van der Waals surface area contributed by atoms with Gasteiger partial charge in [-0.1, -0.05) is 28.9 Å². The van der Waals surface area contributed by atoms with Crippen molar-refractivity contribution in [3.05, 3.63) is 58.6 Å². The van der Waals surface area contributed by atoms with E-state index >= 15 is 0 Å². The molecule has 0 fully saturated rings. The van der Waals surface area contributed by atoms with Gasteiger partial charge in [0.1, 0.15) is 17.7 Å². The van der Waals surface area contributed by atoms with Crippen molar-refractivity contribution in [2.45, 2.75) is 25.5 Å². The number of pyridine rings is 1. The lowest BCUT2D eigenvalue weighted by Gasteiger charge is -2.24. The van der Waals surface area contributed by atoms with Crippen LogP contribution in [-0.4, -0.2) is 11.0 Å². The van der Waals surface area contributed by atoms with Gasteiger partial charge in [0, 0.05) is 34.5 Å². The number of ether oxygens (including phenoxy) is 1. The first-order chi connectivity index (χ1) is 9.60. The fraction of sp³-hybridized carbons (Fsp3) is 0.267. The number of aromatic nitrogens is 1. The molecule has 0 aliphatic carbocycles. The molecule has 2 rings (SSSR count). The summed E-state index contributed by atoms with van der Waals surface area (Å²) in [5, 5.41) is 0. The summed E-state index contributed by atoms with van der Waals surface area (Å²) >= 11 is 3.25. The lowest BCUT2D eigenvalue weighted by Crippen LogP contribution is -2.31. The lowest BCUT2D eigenvalue weighted by molar-refractivity contribution is 0.170. The first kappa shape index (κ1) is 14.9. The molecule has 1 heterocycles. The maximum atomic E-state index is 13.4. The maximum Gasteiger partial charge on any atom is 0.140 e. The average molecular weight is 339 g/mol. The molecule has 0 saturated carbocycles.